The topological polar surface area (TPSA) is 103 Å². The number of hydrogen-bond acceptors (Lipinski definition) is 6. The third kappa shape index (κ3) is 5.62. The second kappa shape index (κ2) is 10.2. The van der Waals surface area contributed by atoms with E-state index in [2.05, 4.69) is 10.4 Å². The van der Waals surface area contributed by atoms with E-state index in [1.165, 1.54) is 17.0 Å². The molecule has 0 radical (unpaired) electrons. The fourth-order valence-corrected chi connectivity index (χ4v) is 3.12. The number of amides is 1. The molecule has 0 aliphatic heterocycles. The Hall–Kier alpha value is -4.46. The third-order valence-electron chi connectivity index (χ3n) is 4.81. The van der Waals surface area contributed by atoms with Crippen LogP contribution in [0, 0.1) is 0 Å². The zero-order valence-electron chi connectivity index (χ0n) is 17.6. The van der Waals surface area contributed by atoms with E-state index in [1.54, 1.807) is 54.6 Å². The van der Waals surface area contributed by atoms with Crippen LogP contribution in [0.25, 0.3) is 11.5 Å². The summed E-state index contributed by atoms with van der Waals surface area (Å²) in [4.78, 5) is 36.5. The number of carbonyl (C=O) groups excluding carboxylic acids is 2. The van der Waals surface area contributed by atoms with Crippen LogP contribution in [-0.2, 0) is 11.3 Å². The van der Waals surface area contributed by atoms with E-state index >= 15 is 0 Å². The van der Waals surface area contributed by atoms with Crippen molar-refractivity contribution < 1.29 is 18.7 Å². The summed E-state index contributed by atoms with van der Waals surface area (Å²) in [5.74, 6) is 0.603. The molecular weight excluding hydrogens is 422 g/mol. The van der Waals surface area contributed by atoms with E-state index in [9.17, 15) is 14.4 Å². The fraction of sp³-hybridized carbons (Fsp3) is 0.120. The van der Waals surface area contributed by atoms with Gasteiger partial charge in [0.25, 0.3) is 11.5 Å². The summed E-state index contributed by atoms with van der Waals surface area (Å²) in [6.45, 7) is 0.220. The molecule has 1 amide bonds. The first-order valence-electron chi connectivity index (χ1n) is 10.3. The van der Waals surface area contributed by atoms with Crippen LogP contribution in [0.2, 0.25) is 0 Å². The Kier molecular flexibility index (Phi) is 6.75. The van der Waals surface area contributed by atoms with E-state index in [-0.39, 0.29) is 36.9 Å². The lowest BCUT2D eigenvalue weighted by molar-refractivity contribution is -0.123. The van der Waals surface area contributed by atoms with E-state index in [1.807, 2.05) is 18.2 Å². The van der Waals surface area contributed by atoms with Crippen LogP contribution in [0.1, 0.15) is 15.9 Å². The Labute approximate surface area is 189 Å². The molecule has 0 bridgehead atoms. The van der Waals surface area contributed by atoms with Crippen LogP contribution in [0.3, 0.4) is 0 Å². The highest BCUT2D eigenvalue weighted by Crippen LogP contribution is 2.16. The molecule has 2 aromatic heterocycles. The molecule has 166 valence electrons. The van der Waals surface area contributed by atoms with Crippen LogP contribution in [0.15, 0.2) is 94.3 Å². The van der Waals surface area contributed by atoms with Crippen molar-refractivity contribution in [3.05, 3.63) is 107 Å². The molecule has 2 heterocycles. The Balaban J connectivity index is 1.25. The number of aromatic nitrogens is 2. The molecule has 0 aliphatic carbocycles. The van der Waals surface area contributed by atoms with Crippen LogP contribution in [0.4, 0.5) is 0 Å². The summed E-state index contributed by atoms with van der Waals surface area (Å²) in [5, 5.41) is 6.94. The van der Waals surface area contributed by atoms with Gasteiger partial charge in [-0.3, -0.25) is 14.4 Å². The molecule has 0 fully saturated rings. The van der Waals surface area contributed by atoms with Gasteiger partial charge in [0.05, 0.1) is 12.8 Å². The van der Waals surface area contributed by atoms with E-state index < -0.39 is 0 Å². The van der Waals surface area contributed by atoms with Crippen molar-refractivity contribution in [2.75, 3.05) is 13.2 Å². The van der Waals surface area contributed by atoms with Crippen LogP contribution >= 0.6 is 0 Å². The maximum absolute atomic E-state index is 12.4. The van der Waals surface area contributed by atoms with Gasteiger partial charge in [0.1, 0.15) is 11.4 Å². The minimum Gasteiger partial charge on any atom is -0.484 e. The first-order chi connectivity index (χ1) is 16.1. The molecule has 33 heavy (non-hydrogen) atoms. The van der Waals surface area contributed by atoms with Crippen molar-refractivity contribution >= 4 is 11.7 Å². The molecule has 0 saturated carbocycles. The first kappa shape index (κ1) is 21.8. The van der Waals surface area contributed by atoms with Gasteiger partial charge in [0, 0.05) is 23.7 Å². The monoisotopic (exact) mass is 443 g/mol. The molecule has 8 nitrogen and oxygen atoms in total. The van der Waals surface area contributed by atoms with Gasteiger partial charge in [0.15, 0.2) is 18.2 Å². The van der Waals surface area contributed by atoms with Gasteiger partial charge in [-0.2, -0.15) is 5.10 Å². The Bertz CT molecular complexity index is 1280. The maximum atomic E-state index is 12.4. The molecule has 0 spiro atoms. The standard InChI is InChI=1S/C25H21N3O5/c29-23(26-14-15-28-24(30)13-12-21(27-28)22-7-4-16-32-22)17-33-20-10-8-19(9-11-20)25(31)18-5-2-1-3-6-18/h1-13,16H,14-15,17H2,(H,26,29). The van der Waals surface area contributed by atoms with E-state index in [0.29, 0.717) is 28.3 Å². The van der Waals surface area contributed by atoms with Crippen molar-refractivity contribution in [3.63, 3.8) is 0 Å². The van der Waals surface area contributed by atoms with Gasteiger partial charge >= 0.3 is 0 Å². The number of hydrogen-bond donors (Lipinski definition) is 1. The second-order valence-electron chi connectivity index (χ2n) is 7.12. The molecule has 0 atom stereocenters. The Morgan fingerprint density at radius 2 is 1.67 bits per heavy atom. The normalized spacial score (nSPS) is 10.5. The van der Waals surface area contributed by atoms with Gasteiger partial charge < -0.3 is 14.5 Å². The third-order valence-corrected chi connectivity index (χ3v) is 4.81. The first-order valence-corrected chi connectivity index (χ1v) is 10.3. The van der Waals surface area contributed by atoms with E-state index in [0.717, 1.165) is 0 Å². The number of benzene rings is 2. The molecular formula is C25H21N3O5. The lowest BCUT2D eigenvalue weighted by atomic mass is 10.0. The van der Waals surface area contributed by atoms with E-state index in [4.69, 9.17) is 9.15 Å². The predicted molar refractivity (Wildman–Crippen MR) is 121 cm³/mol. The zero-order valence-corrected chi connectivity index (χ0v) is 17.6. The van der Waals surface area contributed by atoms with Gasteiger partial charge in [-0.05, 0) is 42.5 Å². The molecule has 4 aromatic rings. The number of nitrogens with zero attached hydrogens (tertiary/aromatic N) is 2. The summed E-state index contributed by atoms with van der Waals surface area (Å²) in [7, 11) is 0. The predicted octanol–water partition coefficient (Wildman–Crippen LogP) is 2.93. The van der Waals surface area contributed by atoms with Gasteiger partial charge in [-0.1, -0.05) is 30.3 Å². The summed E-state index contributed by atoms with van der Waals surface area (Å²) >= 11 is 0. The molecule has 0 aliphatic rings. The quantitative estimate of drug-likeness (QED) is 0.399. The maximum Gasteiger partial charge on any atom is 0.266 e. The number of furan rings is 1. The number of ether oxygens (including phenoxy) is 1. The molecule has 4 rings (SSSR count). The van der Waals surface area contributed by atoms with Gasteiger partial charge in [-0.25, -0.2) is 4.68 Å². The van der Waals surface area contributed by atoms with Crippen molar-refractivity contribution in [2.24, 2.45) is 0 Å². The summed E-state index contributed by atoms with van der Waals surface area (Å²) < 4.78 is 12.0. The number of rotatable bonds is 9. The molecule has 0 unspecified atom stereocenters. The minimum atomic E-state index is -0.338. The summed E-state index contributed by atoms with van der Waals surface area (Å²) in [6, 6.07) is 22.1. The van der Waals surface area contributed by atoms with Crippen LogP contribution in [0.5, 0.6) is 5.75 Å². The summed E-state index contributed by atoms with van der Waals surface area (Å²) in [5.41, 5.74) is 1.39. The summed E-state index contributed by atoms with van der Waals surface area (Å²) in [6.07, 6.45) is 1.53. The molecule has 1 N–H and O–H groups in total. The SMILES string of the molecule is O=C(COc1ccc(C(=O)c2ccccc2)cc1)NCCn1nc(-c2ccco2)ccc1=O. The lowest BCUT2D eigenvalue weighted by Crippen LogP contribution is -2.34. The molecule has 8 heteroatoms. The van der Waals surface area contributed by atoms with Crippen molar-refractivity contribution in [2.45, 2.75) is 6.54 Å². The number of nitrogens with one attached hydrogen (secondary N) is 1. The van der Waals surface area contributed by atoms with Crippen molar-refractivity contribution in [3.8, 4) is 17.2 Å². The average molecular weight is 443 g/mol. The second-order valence-corrected chi connectivity index (χ2v) is 7.12. The Morgan fingerprint density at radius 1 is 0.909 bits per heavy atom. The van der Waals surface area contributed by atoms with Crippen molar-refractivity contribution in [1.82, 2.24) is 15.1 Å². The largest absolute Gasteiger partial charge is 0.484 e. The highest BCUT2D eigenvalue weighted by atomic mass is 16.5. The molecule has 0 saturated heterocycles. The Morgan fingerprint density at radius 3 is 2.39 bits per heavy atom. The van der Waals surface area contributed by atoms with Gasteiger partial charge in [-0.15, -0.1) is 0 Å². The highest BCUT2D eigenvalue weighted by molar-refractivity contribution is 6.08. The van der Waals surface area contributed by atoms with Crippen LogP contribution in [-0.4, -0.2) is 34.6 Å². The van der Waals surface area contributed by atoms with Gasteiger partial charge in [0.2, 0.25) is 0 Å². The van der Waals surface area contributed by atoms with Crippen molar-refractivity contribution in [1.29, 1.82) is 0 Å². The minimum absolute atomic E-state index is 0.0835. The average Bonchev–Trinajstić information content (AvgIpc) is 3.39. The molecule has 2 aromatic carbocycles. The number of carbonyl (C=O) groups is 2. The highest BCUT2D eigenvalue weighted by Gasteiger charge is 2.10. The fourth-order valence-electron chi connectivity index (χ4n) is 3.12. The lowest BCUT2D eigenvalue weighted by Gasteiger charge is -2.09. The zero-order chi connectivity index (χ0) is 23.0. The number of ketones is 1. The smallest absolute Gasteiger partial charge is 0.266 e. The van der Waals surface area contributed by atoms with Crippen LogP contribution < -0.4 is 15.6 Å².